The summed E-state index contributed by atoms with van der Waals surface area (Å²) in [7, 11) is 0. The predicted molar refractivity (Wildman–Crippen MR) is 131 cm³/mol. The van der Waals surface area contributed by atoms with E-state index >= 15 is 0 Å². The predicted octanol–water partition coefficient (Wildman–Crippen LogP) is 6.25. The molecule has 0 aliphatic rings. The highest BCUT2D eigenvalue weighted by atomic mass is 16.3. The van der Waals surface area contributed by atoms with Crippen LogP contribution in [-0.2, 0) is 0 Å². The van der Waals surface area contributed by atoms with Crippen molar-refractivity contribution in [2.24, 2.45) is 0 Å². The molecule has 6 aromatic rings. The molecule has 33 heavy (non-hydrogen) atoms. The van der Waals surface area contributed by atoms with E-state index in [1.54, 1.807) is 12.5 Å². The van der Waals surface area contributed by atoms with Crippen molar-refractivity contribution in [2.75, 3.05) is 5.32 Å². The Kier molecular flexibility index (Phi) is 4.47. The van der Waals surface area contributed by atoms with Crippen LogP contribution < -0.4 is 5.32 Å². The van der Waals surface area contributed by atoms with Crippen molar-refractivity contribution in [2.45, 2.75) is 19.9 Å². The summed E-state index contributed by atoms with van der Waals surface area (Å²) in [4.78, 5) is 12.5. The molecular formula is C26H22N6O. The number of rotatable bonds is 5. The van der Waals surface area contributed by atoms with E-state index in [1.165, 1.54) is 0 Å². The smallest absolute Gasteiger partial charge is 0.116 e. The molecular weight excluding hydrogens is 412 g/mol. The van der Waals surface area contributed by atoms with Gasteiger partial charge in [-0.25, -0.2) is 0 Å². The van der Waals surface area contributed by atoms with E-state index < -0.39 is 0 Å². The monoisotopic (exact) mass is 434 g/mol. The van der Waals surface area contributed by atoms with Crippen molar-refractivity contribution >= 4 is 27.5 Å². The van der Waals surface area contributed by atoms with Gasteiger partial charge in [0.25, 0.3) is 0 Å². The first-order valence-electron chi connectivity index (χ1n) is 10.9. The number of aromatic amines is 2. The second-order valence-electron chi connectivity index (χ2n) is 8.41. The molecule has 7 heteroatoms. The molecule has 0 radical (unpaired) electrons. The molecule has 3 N–H and O–H groups in total. The van der Waals surface area contributed by atoms with Crippen LogP contribution in [0.3, 0.4) is 0 Å². The van der Waals surface area contributed by atoms with E-state index in [9.17, 15) is 0 Å². The van der Waals surface area contributed by atoms with Crippen molar-refractivity contribution in [3.63, 3.8) is 0 Å². The summed E-state index contributed by atoms with van der Waals surface area (Å²) in [6.45, 7) is 4.21. The van der Waals surface area contributed by atoms with Crippen LogP contribution in [0.4, 0.5) is 5.69 Å². The maximum Gasteiger partial charge on any atom is 0.116 e. The molecule has 0 spiro atoms. The molecule has 0 aliphatic carbocycles. The van der Waals surface area contributed by atoms with Crippen molar-refractivity contribution in [1.29, 1.82) is 0 Å². The maximum atomic E-state index is 5.30. The molecule has 0 unspecified atom stereocenters. The third-order valence-corrected chi connectivity index (χ3v) is 5.69. The Morgan fingerprint density at radius 1 is 0.939 bits per heavy atom. The fourth-order valence-corrected chi connectivity index (χ4v) is 4.22. The first-order valence-corrected chi connectivity index (χ1v) is 10.9. The molecule has 0 saturated carbocycles. The van der Waals surface area contributed by atoms with E-state index in [1.807, 2.05) is 30.7 Å². The Labute approximate surface area is 189 Å². The molecule has 162 valence electrons. The Balaban J connectivity index is 1.45. The van der Waals surface area contributed by atoms with Gasteiger partial charge in [0, 0.05) is 45.9 Å². The van der Waals surface area contributed by atoms with Gasteiger partial charge in [0.2, 0.25) is 0 Å². The summed E-state index contributed by atoms with van der Waals surface area (Å²) in [5.74, 6) is 0. The lowest BCUT2D eigenvalue weighted by Gasteiger charge is -2.10. The lowest BCUT2D eigenvalue weighted by Crippen LogP contribution is -2.09. The average Bonchev–Trinajstić information content (AvgIpc) is 3.57. The van der Waals surface area contributed by atoms with Crippen LogP contribution in [0.1, 0.15) is 13.8 Å². The zero-order valence-corrected chi connectivity index (χ0v) is 18.3. The number of aromatic nitrogens is 5. The van der Waals surface area contributed by atoms with Gasteiger partial charge in [0.15, 0.2) is 0 Å². The topological polar surface area (TPSA) is 95.4 Å². The van der Waals surface area contributed by atoms with E-state index in [0.29, 0.717) is 6.04 Å². The third-order valence-electron chi connectivity index (χ3n) is 5.69. The minimum absolute atomic E-state index is 0.326. The fourth-order valence-electron chi connectivity index (χ4n) is 4.22. The quantitative estimate of drug-likeness (QED) is 0.298. The minimum atomic E-state index is 0.326. The van der Waals surface area contributed by atoms with Crippen molar-refractivity contribution in [3.05, 3.63) is 73.6 Å². The van der Waals surface area contributed by atoms with Crippen LogP contribution in [0.2, 0.25) is 0 Å². The Morgan fingerprint density at radius 2 is 1.88 bits per heavy atom. The van der Waals surface area contributed by atoms with Crippen LogP contribution in [0, 0.1) is 0 Å². The zero-order valence-electron chi connectivity index (χ0n) is 18.3. The molecule has 5 heterocycles. The SMILES string of the molecule is CC(C)Nc1cncc(-c2cc3c(-c4cc5c(-c6ccoc6)cccc5[nH]4)n[nH]c3cn2)c1. The molecule has 0 bridgehead atoms. The highest BCUT2D eigenvalue weighted by molar-refractivity contribution is 6.01. The van der Waals surface area contributed by atoms with Crippen LogP contribution >= 0.6 is 0 Å². The standard InChI is InChI=1S/C26H22N6O/c1-15(2)29-18-8-17(11-27-12-18)23-10-21-25(13-28-23)31-32-26(21)24-9-20-19(16-6-7-33-14-16)4-3-5-22(20)30-24/h3-15,29-30H,1-2H3,(H,31,32). The van der Waals surface area contributed by atoms with E-state index in [4.69, 9.17) is 4.42 Å². The van der Waals surface area contributed by atoms with Gasteiger partial charge in [-0.15, -0.1) is 0 Å². The van der Waals surface area contributed by atoms with Gasteiger partial charge >= 0.3 is 0 Å². The van der Waals surface area contributed by atoms with Gasteiger partial charge < -0.3 is 14.7 Å². The van der Waals surface area contributed by atoms with Gasteiger partial charge in [-0.3, -0.25) is 15.1 Å². The van der Waals surface area contributed by atoms with Crippen molar-refractivity contribution in [1.82, 2.24) is 25.1 Å². The number of H-pyrrole nitrogens is 2. The van der Waals surface area contributed by atoms with Gasteiger partial charge in [0.1, 0.15) is 5.69 Å². The lowest BCUT2D eigenvalue weighted by atomic mass is 10.0. The third kappa shape index (κ3) is 3.43. The average molecular weight is 435 g/mol. The van der Waals surface area contributed by atoms with Crippen LogP contribution in [0.15, 0.2) is 78.0 Å². The number of furan rings is 1. The largest absolute Gasteiger partial charge is 0.472 e. The number of hydrogen-bond donors (Lipinski definition) is 3. The summed E-state index contributed by atoms with van der Waals surface area (Å²) in [6.07, 6.45) is 8.94. The van der Waals surface area contributed by atoms with E-state index in [2.05, 4.69) is 74.6 Å². The molecule has 0 aliphatic heterocycles. The second kappa shape index (κ2) is 7.63. The number of hydrogen-bond acceptors (Lipinski definition) is 5. The van der Waals surface area contributed by atoms with Crippen molar-refractivity contribution in [3.8, 4) is 33.8 Å². The molecule has 6 rings (SSSR count). The van der Waals surface area contributed by atoms with Crippen LogP contribution in [0.25, 0.3) is 55.6 Å². The van der Waals surface area contributed by atoms with Gasteiger partial charge in [-0.2, -0.15) is 5.10 Å². The van der Waals surface area contributed by atoms with E-state index in [-0.39, 0.29) is 0 Å². The summed E-state index contributed by atoms with van der Waals surface area (Å²) in [6, 6.07) is 14.8. The fraction of sp³-hybridized carbons (Fsp3) is 0.115. The Hall–Kier alpha value is -4.39. The molecule has 7 nitrogen and oxygen atoms in total. The number of fused-ring (bicyclic) bond motifs is 2. The van der Waals surface area contributed by atoms with Gasteiger partial charge in [-0.1, -0.05) is 12.1 Å². The normalized spacial score (nSPS) is 11.6. The summed E-state index contributed by atoms with van der Waals surface area (Å²) in [5, 5.41) is 13.2. The number of nitrogens with one attached hydrogen (secondary N) is 3. The van der Waals surface area contributed by atoms with E-state index in [0.717, 1.165) is 61.3 Å². The minimum Gasteiger partial charge on any atom is -0.472 e. The molecule has 0 fully saturated rings. The summed E-state index contributed by atoms with van der Waals surface area (Å²) >= 11 is 0. The molecule has 0 amide bonds. The summed E-state index contributed by atoms with van der Waals surface area (Å²) < 4.78 is 5.30. The number of anilines is 1. The number of benzene rings is 1. The Morgan fingerprint density at radius 3 is 2.73 bits per heavy atom. The maximum absolute atomic E-state index is 5.30. The van der Waals surface area contributed by atoms with Crippen LogP contribution in [0.5, 0.6) is 0 Å². The molecule has 0 saturated heterocycles. The first kappa shape index (κ1) is 19.3. The Bertz CT molecular complexity index is 1580. The van der Waals surface area contributed by atoms with Crippen LogP contribution in [-0.4, -0.2) is 31.2 Å². The zero-order chi connectivity index (χ0) is 22.4. The molecule has 5 aromatic heterocycles. The highest BCUT2D eigenvalue weighted by Gasteiger charge is 2.15. The molecule has 1 aromatic carbocycles. The van der Waals surface area contributed by atoms with Gasteiger partial charge in [0.05, 0.1) is 41.3 Å². The number of nitrogens with zero attached hydrogens (tertiary/aromatic N) is 3. The number of pyridine rings is 2. The van der Waals surface area contributed by atoms with Gasteiger partial charge in [-0.05, 0) is 49.7 Å². The molecule has 0 atom stereocenters. The van der Waals surface area contributed by atoms with Crippen molar-refractivity contribution < 1.29 is 4.42 Å². The second-order valence-corrected chi connectivity index (χ2v) is 8.41. The lowest BCUT2D eigenvalue weighted by molar-refractivity contribution is 0.568. The highest BCUT2D eigenvalue weighted by Crippen LogP contribution is 2.35. The first-order chi connectivity index (χ1) is 16.2. The summed E-state index contributed by atoms with van der Waals surface area (Å²) in [5.41, 5.74) is 8.66.